The zero-order valence-electron chi connectivity index (χ0n) is 18.2. The van der Waals surface area contributed by atoms with Gasteiger partial charge in [-0.2, -0.15) is 13.2 Å². The molecule has 0 bridgehead atoms. The van der Waals surface area contributed by atoms with Crippen LogP contribution in [0.2, 0.25) is 0 Å². The lowest BCUT2D eigenvalue weighted by Gasteiger charge is -2.29. The number of carbonyl (C=O) groups is 2. The number of benzene rings is 1. The number of carbonyl (C=O) groups excluding carboxylic acids is 2. The van der Waals surface area contributed by atoms with Crippen LogP contribution in [-0.4, -0.2) is 51.8 Å². The minimum absolute atomic E-state index is 0.00395. The van der Waals surface area contributed by atoms with Gasteiger partial charge in [0.2, 0.25) is 15.0 Å². The molecule has 5 rings (SSSR count). The van der Waals surface area contributed by atoms with E-state index in [0.717, 1.165) is 23.9 Å². The number of nitrogens with one attached hydrogen (secondary N) is 1. The van der Waals surface area contributed by atoms with Gasteiger partial charge < -0.3 is 9.88 Å². The van der Waals surface area contributed by atoms with Crippen LogP contribution >= 0.6 is 0 Å². The highest BCUT2D eigenvalue weighted by Gasteiger charge is 2.39. The molecule has 1 N–H and O–H groups in total. The Labute approximate surface area is 198 Å². The van der Waals surface area contributed by atoms with E-state index in [4.69, 9.17) is 0 Å². The number of H-pyrrole nitrogens is 1. The van der Waals surface area contributed by atoms with Crippen molar-refractivity contribution in [3.63, 3.8) is 0 Å². The second-order valence-corrected chi connectivity index (χ2v) is 10.7. The number of aromatic amines is 1. The highest BCUT2D eigenvalue weighted by atomic mass is 32.2. The normalized spacial score (nSPS) is 16.1. The van der Waals surface area contributed by atoms with Crippen molar-refractivity contribution in [2.75, 3.05) is 6.54 Å². The lowest BCUT2D eigenvalue weighted by atomic mass is 9.90. The van der Waals surface area contributed by atoms with Gasteiger partial charge in [0.15, 0.2) is 5.78 Å². The van der Waals surface area contributed by atoms with E-state index in [1.54, 1.807) is 18.2 Å². The molecule has 1 saturated carbocycles. The summed E-state index contributed by atoms with van der Waals surface area (Å²) in [5.41, 5.74) is 0.720. The van der Waals surface area contributed by atoms with Gasteiger partial charge in [-0.3, -0.25) is 14.6 Å². The van der Waals surface area contributed by atoms with Crippen LogP contribution in [0.15, 0.2) is 47.9 Å². The standard InChI is InChI=1S/C23H19F3N4O4S/c24-23(25,26)19-7-4-13(10-27-19)20(31)17-3-1-2-14-12-30(9-8-16(14)17)21(32)18-11-28-22(29-18)35(33,34)15-5-6-15/h1-4,7,10-11,15H,5-6,8-9,12H2,(H,28,29). The molecule has 1 fully saturated rings. The molecule has 0 atom stereocenters. The molecule has 0 saturated heterocycles. The molecule has 0 radical (unpaired) electrons. The second kappa shape index (κ2) is 8.29. The Balaban J connectivity index is 1.35. The number of amides is 1. The Hall–Kier alpha value is -3.54. The largest absolute Gasteiger partial charge is 0.433 e. The van der Waals surface area contributed by atoms with E-state index >= 15 is 0 Å². The molecule has 0 unspecified atom stereocenters. The van der Waals surface area contributed by atoms with E-state index in [-0.39, 0.29) is 29.5 Å². The van der Waals surface area contributed by atoms with E-state index in [1.807, 2.05) is 0 Å². The topological polar surface area (TPSA) is 113 Å². The van der Waals surface area contributed by atoms with Gasteiger partial charge >= 0.3 is 6.18 Å². The fourth-order valence-electron chi connectivity index (χ4n) is 4.10. The minimum atomic E-state index is -4.60. The number of aromatic nitrogens is 3. The molecule has 182 valence electrons. The third-order valence-electron chi connectivity index (χ3n) is 6.12. The van der Waals surface area contributed by atoms with Crippen LogP contribution in [0, 0.1) is 0 Å². The fraction of sp³-hybridized carbons (Fsp3) is 0.304. The van der Waals surface area contributed by atoms with Gasteiger partial charge in [-0.05, 0) is 42.5 Å². The molecule has 2 aliphatic rings. The number of imidazole rings is 1. The van der Waals surface area contributed by atoms with E-state index < -0.39 is 38.6 Å². The van der Waals surface area contributed by atoms with Crippen LogP contribution in [0.25, 0.3) is 0 Å². The van der Waals surface area contributed by atoms with Gasteiger partial charge in [0.05, 0.1) is 5.25 Å². The lowest BCUT2D eigenvalue weighted by molar-refractivity contribution is -0.141. The number of nitrogens with zero attached hydrogens (tertiary/aromatic N) is 3. The Morgan fingerprint density at radius 2 is 1.89 bits per heavy atom. The maximum Gasteiger partial charge on any atom is 0.433 e. The molecule has 1 aliphatic carbocycles. The van der Waals surface area contributed by atoms with E-state index in [0.29, 0.717) is 30.4 Å². The van der Waals surface area contributed by atoms with Crippen molar-refractivity contribution < 1.29 is 31.2 Å². The summed E-state index contributed by atoms with van der Waals surface area (Å²) in [6.07, 6.45) is -0.897. The van der Waals surface area contributed by atoms with Gasteiger partial charge in [-0.1, -0.05) is 18.2 Å². The van der Waals surface area contributed by atoms with E-state index in [2.05, 4.69) is 15.0 Å². The van der Waals surface area contributed by atoms with Crippen LogP contribution in [0.1, 0.15) is 56.1 Å². The van der Waals surface area contributed by atoms with Crippen LogP contribution in [-0.2, 0) is 29.0 Å². The minimum Gasteiger partial charge on any atom is -0.335 e. The number of sulfone groups is 1. The second-order valence-electron chi connectivity index (χ2n) is 8.51. The summed E-state index contributed by atoms with van der Waals surface area (Å²) in [4.78, 5) is 37.4. The number of halogens is 3. The maximum absolute atomic E-state index is 13.0. The van der Waals surface area contributed by atoms with Gasteiger partial charge in [0.25, 0.3) is 5.91 Å². The van der Waals surface area contributed by atoms with Crippen molar-refractivity contribution in [3.8, 4) is 0 Å². The predicted octanol–water partition coefficient (Wildman–Crippen LogP) is 3.19. The molecule has 1 aromatic carbocycles. The zero-order valence-corrected chi connectivity index (χ0v) is 19.0. The Bertz CT molecular complexity index is 1430. The van der Waals surface area contributed by atoms with Gasteiger partial charge in [-0.25, -0.2) is 13.4 Å². The number of fused-ring (bicyclic) bond motifs is 1. The summed E-state index contributed by atoms with van der Waals surface area (Å²) in [5, 5.41) is -0.659. The summed E-state index contributed by atoms with van der Waals surface area (Å²) in [5.74, 6) is -0.891. The van der Waals surface area contributed by atoms with E-state index in [1.165, 1.54) is 11.1 Å². The molecular weight excluding hydrogens is 485 g/mol. The molecule has 35 heavy (non-hydrogen) atoms. The average molecular weight is 504 g/mol. The summed E-state index contributed by atoms with van der Waals surface area (Å²) >= 11 is 0. The van der Waals surface area contributed by atoms with Gasteiger partial charge in [0.1, 0.15) is 11.4 Å². The Kier molecular flexibility index (Phi) is 5.50. The summed E-state index contributed by atoms with van der Waals surface area (Å²) in [6.45, 7) is 0.442. The third-order valence-corrected chi connectivity index (χ3v) is 8.22. The number of hydrogen-bond donors (Lipinski definition) is 1. The molecule has 1 aliphatic heterocycles. The highest BCUT2D eigenvalue weighted by molar-refractivity contribution is 7.92. The first-order chi connectivity index (χ1) is 16.6. The number of pyridine rings is 1. The SMILES string of the molecule is O=C(c1ccc(C(F)(F)F)nc1)c1cccc2c1CCN(C(=O)c1c[nH]c(S(=O)(=O)C3CC3)n1)C2. The quantitative estimate of drug-likeness (QED) is 0.534. The van der Waals surface area contributed by atoms with Crippen LogP contribution < -0.4 is 0 Å². The number of hydrogen-bond acceptors (Lipinski definition) is 6. The summed E-state index contributed by atoms with van der Waals surface area (Å²) in [6, 6.07) is 6.88. The Morgan fingerprint density at radius 3 is 2.54 bits per heavy atom. The molecule has 0 spiro atoms. The van der Waals surface area contributed by atoms with Crippen molar-refractivity contribution in [1.29, 1.82) is 0 Å². The van der Waals surface area contributed by atoms with Crippen molar-refractivity contribution in [2.45, 2.75) is 42.4 Å². The summed E-state index contributed by atoms with van der Waals surface area (Å²) in [7, 11) is -3.55. The highest BCUT2D eigenvalue weighted by Crippen LogP contribution is 2.32. The molecule has 3 aromatic rings. The van der Waals surface area contributed by atoms with Crippen LogP contribution in [0.5, 0.6) is 0 Å². The molecule has 12 heteroatoms. The number of ketones is 1. The number of rotatable bonds is 5. The van der Waals surface area contributed by atoms with Crippen LogP contribution in [0.3, 0.4) is 0 Å². The first-order valence-corrected chi connectivity index (χ1v) is 12.4. The lowest BCUT2D eigenvalue weighted by Crippen LogP contribution is -2.36. The molecule has 2 aromatic heterocycles. The van der Waals surface area contributed by atoms with E-state index in [9.17, 15) is 31.2 Å². The molecular formula is C23H19F3N4O4S. The van der Waals surface area contributed by atoms with Crippen molar-refractivity contribution >= 4 is 21.5 Å². The maximum atomic E-state index is 13.0. The average Bonchev–Trinajstić information content (AvgIpc) is 3.59. The van der Waals surface area contributed by atoms with Crippen molar-refractivity contribution in [1.82, 2.24) is 19.9 Å². The molecule has 8 nitrogen and oxygen atoms in total. The predicted molar refractivity (Wildman–Crippen MR) is 116 cm³/mol. The first kappa shape index (κ1) is 23.2. The first-order valence-electron chi connectivity index (χ1n) is 10.8. The Morgan fingerprint density at radius 1 is 1.11 bits per heavy atom. The zero-order chi connectivity index (χ0) is 25.0. The molecule has 1 amide bonds. The summed E-state index contributed by atoms with van der Waals surface area (Å²) < 4.78 is 63.0. The van der Waals surface area contributed by atoms with Gasteiger partial charge in [-0.15, -0.1) is 0 Å². The van der Waals surface area contributed by atoms with Crippen molar-refractivity contribution in [3.05, 3.63) is 76.4 Å². The molecule has 3 heterocycles. The number of alkyl halides is 3. The fourth-order valence-corrected chi connectivity index (χ4v) is 5.63. The smallest absolute Gasteiger partial charge is 0.335 e. The third kappa shape index (κ3) is 4.33. The van der Waals surface area contributed by atoms with Crippen LogP contribution in [0.4, 0.5) is 13.2 Å². The van der Waals surface area contributed by atoms with Gasteiger partial charge in [0, 0.05) is 36.6 Å². The van der Waals surface area contributed by atoms with Crippen molar-refractivity contribution in [2.24, 2.45) is 0 Å². The monoisotopic (exact) mass is 504 g/mol.